The van der Waals surface area contributed by atoms with Crippen molar-refractivity contribution < 1.29 is 94.3 Å². The van der Waals surface area contributed by atoms with Crippen molar-refractivity contribution in [3.05, 3.63) is 189 Å². The van der Waals surface area contributed by atoms with Crippen LogP contribution in [0.1, 0.15) is 22.8 Å². The molecule has 452 valence electrons. The Kier molecular flexibility index (Phi) is 28.7. The third-order valence-corrected chi connectivity index (χ3v) is 15.2. The average Bonchev–Trinajstić information content (AvgIpc) is 3.32. The van der Waals surface area contributed by atoms with Gasteiger partial charge in [-0.3, -0.25) is 40.2 Å². The maximum Gasteiger partial charge on any atom is 1.00 e. The Morgan fingerprint density at radius 2 is 0.451 bits per heavy atom. The summed E-state index contributed by atoms with van der Waals surface area (Å²) in [7, 11) is -9.78. The van der Waals surface area contributed by atoms with Crippen LogP contribution in [0, 0.1) is 47.9 Å². The molecule has 0 unspecified atom stereocenters. The molecule has 0 N–H and O–H groups in total. The zero-order chi connectivity index (χ0) is 60.1. The molecule has 36 heteroatoms. The molecule has 0 fully saturated rings. The summed E-state index contributed by atoms with van der Waals surface area (Å²) in [4.78, 5) is 53.7. The second kappa shape index (κ2) is 31.3. The minimum Gasteiger partial charge on any atom is 1.00 e. The van der Waals surface area contributed by atoms with Crippen LogP contribution < -0.4 is 0 Å². The van der Waals surface area contributed by atoms with Crippen molar-refractivity contribution in [2.24, 2.45) is 0 Å². The van der Waals surface area contributed by atoms with Crippen molar-refractivity contribution in [2.45, 2.75) is 47.8 Å². The van der Waals surface area contributed by atoms with Crippen LogP contribution in [-0.4, -0.2) is 63.8 Å². The second-order valence-corrected chi connectivity index (χ2v) is 27.1. The summed E-state index contributed by atoms with van der Waals surface area (Å²) in [5.41, 5.74) is 11.1. The summed E-state index contributed by atoms with van der Waals surface area (Å²) in [6, 6.07) is 48.0. The van der Waals surface area contributed by atoms with Crippen LogP contribution in [0.2, 0.25) is 0 Å². The largest absolute Gasteiger partial charge is 1.00 e. The quantitative estimate of drug-likeness (QED) is 0.0280. The fourth-order valence-corrected chi connectivity index (χ4v) is 12.0. The van der Waals surface area contributed by atoms with Gasteiger partial charge in [0.15, 0.2) is 14.1 Å². The number of hydrogen-bond donors (Lipinski definition) is 0. The van der Waals surface area contributed by atoms with E-state index in [4.69, 9.17) is 40.2 Å². The van der Waals surface area contributed by atoms with Crippen LogP contribution in [0.25, 0.3) is 45.6 Å². The number of pyridine rings is 8. The van der Waals surface area contributed by atoms with Crippen molar-refractivity contribution in [2.75, 3.05) is 14.1 Å². The predicted molar refractivity (Wildman–Crippen MR) is 300 cm³/mol. The van der Waals surface area contributed by atoms with E-state index < -0.39 is 25.5 Å². The van der Waals surface area contributed by atoms with Gasteiger partial charge < -0.3 is 0 Å². The first-order valence-electron chi connectivity index (χ1n) is 21.7. The molecule has 0 aliphatic rings. The predicted octanol–water partition coefficient (Wildman–Crippen LogP) is 19.9. The van der Waals surface area contributed by atoms with Gasteiger partial charge in [0.05, 0.1) is 45.6 Å². The van der Waals surface area contributed by atoms with Crippen molar-refractivity contribution in [3.8, 4) is 45.6 Å². The Labute approximate surface area is 505 Å². The number of halogens is 12. The van der Waals surface area contributed by atoms with Crippen LogP contribution in [0.15, 0.2) is 166 Å². The Bertz CT molecular complexity index is 2960. The summed E-state index contributed by atoms with van der Waals surface area (Å²) in [6.45, 7) is 7.95. The number of nitrogens with zero attached hydrogens (tertiary/aromatic N) is 10. The third kappa shape index (κ3) is 38.8. The topological polar surface area (TPSA) is 189 Å². The number of aryl methyl sites for hydroxylation is 4. The molecule has 14 nitrogen and oxygen atoms in total. The molecule has 0 radical (unpaired) electrons. The first kappa shape index (κ1) is 75.2. The monoisotopic (exact) mass is 1410 g/mol. The van der Waals surface area contributed by atoms with E-state index in [-0.39, 0.29) is 34.1 Å². The van der Waals surface area contributed by atoms with Crippen LogP contribution in [-0.2, 0) is 34.1 Å². The molecule has 0 spiro atoms. The van der Waals surface area contributed by atoms with E-state index in [1.807, 2.05) is 173 Å². The summed E-state index contributed by atoms with van der Waals surface area (Å²) in [5, 5.41) is 21.4. The van der Waals surface area contributed by atoms with Gasteiger partial charge in [-0.1, -0.05) is 48.5 Å². The Morgan fingerprint density at radius 1 is 0.317 bits per heavy atom. The van der Waals surface area contributed by atoms with Crippen molar-refractivity contribution in [1.29, 1.82) is 0 Å². The molecule has 0 bridgehead atoms. The average molecular weight is 1410 g/mol. The second-order valence-electron chi connectivity index (χ2n) is 15.4. The van der Waals surface area contributed by atoms with Gasteiger partial charge in [-0.05, 0) is 188 Å². The molecule has 0 aliphatic heterocycles. The van der Waals surface area contributed by atoms with Gasteiger partial charge in [0.2, 0.25) is 0 Å². The van der Waals surface area contributed by atoms with Gasteiger partial charge in [0.1, 0.15) is 20.1 Å². The number of aromatic nitrogens is 8. The molecular formula is C46H42Cu2F12N10O4P2S6. The number of nitro groups is 2. The van der Waals surface area contributed by atoms with E-state index in [0.29, 0.717) is 0 Å². The van der Waals surface area contributed by atoms with Crippen LogP contribution in [0.3, 0.4) is 0 Å². The number of hydrogen-bond acceptors (Lipinski definition) is 18. The molecule has 8 rings (SSSR count). The SMILES string of the molecule is C[N+](=O)[O-].C[N+](=O)[O-].Cc1cccc(-c2cccc(SSSc3cccc(-c4cccc(C)n4)n3)n2)n1.Cc1cccc(-c2cccc(SSSc3cccc(-c4cccc(C)n4)n3)n2)n1.F[P-](F)(F)(F)(F)F.F[P-](F)(F)(F)(F)F.[Cu+].[Cu+]. The van der Waals surface area contributed by atoms with Gasteiger partial charge in [0.25, 0.3) is 0 Å². The first-order chi connectivity index (χ1) is 36.7. The molecule has 0 aliphatic carbocycles. The minimum atomic E-state index is -10.7. The maximum absolute atomic E-state index is 10.7. The normalized spacial score (nSPS) is 12.2. The minimum absolute atomic E-state index is 0. The zero-order valence-corrected chi connectivity index (χ0v) is 51.0. The summed E-state index contributed by atoms with van der Waals surface area (Å²) in [5.74, 6) is 0. The van der Waals surface area contributed by atoms with Gasteiger partial charge in [0, 0.05) is 32.6 Å². The maximum atomic E-state index is 9.87. The van der Waals surface area contributed by atoms with E-state index in [1.54, 1.807) is 62.8 Å². The summed E-state index contributed by atoms with van der Waals surface area (Å²) in [6.07, 6.45) is 0. The van der Waals surface area contributed by atoms with Gasteiger partial charge in [-0.15, -0.1) is 0 Å². The standard InChI is InChI=1S/2C22H18N4S3.2CH3NO2.2Cu.2F6P/c2*1-15-7-3-9-17(23-15)19-11-5-13-21(25-19)27-29-28-22-14-6-12-20(26-22)18-10-4-8-16(2)24-18;2*1-2(3)4;;;2*1-7(2,3,4,5)6/h2*3-14H,1-2H3;2*1H3;;;;/q;;;;2*+1;2*-1. The molecule has 0 saturated carbocycles. The van der Waals surface area contributed by atoms with Crippen LogP contribution in [0.5, 0.6) is 0 Å². The molecule has 0 aromatic carbocycles. The van der Waals surface area contributed by atoms with E-state index in [0.717, 1.165) is 103 Å². The van der Waals surface area contributed by atoms with Crippen molar-refractivity contribution in [3.63, 3.8) is 0 Å². The third-order valence-electron chi connectivity index (χ3n) is 7.97. The van der Waals surface area contributed by atoms with E-state index in [9.17, 15) is 50.4 Å². The fourth-order valence-electron chi connectivity index (χ4n) is 5.33. The molecule has 0 amide bonds. The van der Waals surface area contributed by atoms with Crippen molar-refractivity contribution >= 4 is 78.4 Å². The Hall–Kier alpha value is -4.84. The summed E-state index contributed by atoms with van der Waals surface area (Å²) < 4.78 is 118. The van der Waals surface area contributed by atoms with Crippen LogP contribution >= 0.6 is 78.4 Å². The molecule has 0 saturated heterocycles. The molecule has 0 atom stereocenters. The fraction of sp³-hybridized carbons (Fsp3) is 0.130. The van der Waals surface area contributed by atoms with E-state index >= 15 is 0 Å². The zero-order valence-electron chi connectivity index (χ0n) is 42.4. The molecule has 82 heavy (non-hydrogen) atoms. The van der Waals surface area contributed by atoms with Gasteiger partial charge >= 0.3 is 100 Å². The van der Waals surface area contributed by atoms with Crippen molar-refractivity contribution in [1.82, 2.24) is 39.9 Å². The first-order valence-corrected chi connectivity index (χ1v) is 32.7. The number of rotatable bonds is 12. The molecule has 8 aromatic heterocycles. The molecule has 8 aromatic rings. The van der Waals surface area contributed by atoms with Crippen LogP contribution in [0.4, 0.5) is 50.4 Å². The van der Waals surface area contributed by atoms with Gasteiger partial charge in [-0.2, -0.15) is 0 Å². The summed E-state index contributed by atoms with van der Waals surface area (Å²) >= 11 is 0. The van der Waals surface area contributed by atoms with Gasteiger partial charge in [-0.25, -0.2) is 19.9 Å². The Morgan fingerprint density at radius 3 is 0.598 bits per heavy atom. The molecule has 8 heterocycles. The smallest absolute Gasteiger partial charge is 1.00 e. The van der Waals surface area contributed by atoms with E-state index in [1.165, 1.54) is 0 Å². The van der Waals surface area contributed by atoms with E-state index in [2.05, 4.69) is 19.9 Å². The molecular weight excluding hydrogens is 1370 g/mol. The Balaban J connectivity index is 0.000000592.